The van der Waals surface area contributed by atoms with Crippen LogP contribution in [0, 0.1) is 17.8 Å². The standard InChI is InChI=1S/C14H24N2O2/c15-13-9-6-5-8(7-9)12(13)14(18)16-10-3-1-2-4-11(10)17/h8-13,17H,1-7,15H2,(H,16,18)/t8?,9?,10-,11-,12?,13?/m0/s1. The van der Waals surface area contributed by atoms with Crippen molar-refractivity contribution in [3.8, 4) is 0 Å². The van der Waals surface area contributed by atoms with E-state index in [1.54, 1.807) is 0 Å². The first-order chi connectivity index (χ1) is 8.66. The summed E-state index contributed by atoms with van der Waals surface area (Å²) in [6, 6.07) is 0.00191. The van der Waals surface area contributed by atoms with E-state index in [9.17, 15) is 9.90 Å². The fourth-order valence-corrected chi connectivity index (χ4v) is 4.28. The average molecular weight is 252 g/mol. The summed E-state index contributed by atoms with van der Waals surface area (Å²) in [5, 5.41) is 13.0. The maximum absolute atomic E-state index is 12.4. The van der Waals surface area contributed by atoms with Gasteiger partial charge in [0.2, 0.25) is 5.91 Å². The molecule has 0 aromatic rings. The number of aliphatic hydroxyl groups excluding tert-OH is 1. The van der Waals surface area contributed by atoms with Crippen molar-refractivity contribution < 1.29 is 9.90 Å². The lowest BCUT2D eigenvalue weighted by molar-refractivity contribution is -0.129. The van der Waals surface area contributed by atoms with Crippen molar-refractivity contribution in [1.82, 2.24) is 5.32 Å². The quantitative estimate of drug-likeness (QED) is 0.680. The number of hydrogen-bond acceptors (Lipinski definition) is 3. The van der Waals surface area contributed by atoms with Crippen LogP contribution in [0.5, 0.6) is 0 Å². The normalized spacial score (nSPS) is 47.2. The summed E-state index contributed by atoms with van der Waals surface area (Å²) < 4.78 is 0. The van der Waals surface area contributed by atoms with Crippen molar-refractivity contribution in [2.45, 2.75) is 63.1 Å². The zero-order chi connectivity index (χ0) is 12.7. The van der Waals surface area contributed by atoms with E-state index in [0.717, 1.165) is 38.5 Å². The third kappa shape index (κ3) is 2.05. The van der Waals surface area contributed by atoms with Crippen LogP contribution >= 0.6 is 0 Å². The van der Waals surface area contributed by atoms with Gasteiger partial charge in [-0.25, -0.2) is 0 Å². The molecule has 3 aliphatic carbocycles. The number of fused-ring (bicyclic) bond motifs is 2. The van der Waals surface area contributed by atoms with E-state index in [1.807, 2.05) is 0 Å². The van der Waals surface area contributed by atoms with Crippen LogP contribution in [-0.4, -0.2) is 29.2 Å². The monoisotopic (exact) mass is 252 g/mol. The Morgan fingerprint density at radius 3 is 2.50 bits per heavy atom. The van der Waals surface area contributed by atoms with Crippen molar-refractivity contribution in [2.24, 2.45) is 23.5 Å². The van der Waals surface area contributed by atoms with Crippen molar-refractivity contribution in [3.05, 3.63) is 0 Å². The van der Waals surface area contributed by atoms with Gasteiger partial charge in [0.1, 0.15) is 0 Å². The number of rotatable bonds is 2. The van der Waals surface area contributed by atoms with Crippen molar-refractivity contribution in [2.75, 3.05) is 0 Å². The molecule has 6 atom stereocenters. The van der Waals surface area contributed by atoms with Crippen LogP contribution in [0.2, 0.25) is 0 Å². The molecule has 3 saturated carbocycles. The van der Waals surface area contributed by atoms with E-state index in [-0.39, 0.29) is 30.0 Å². The van der Waals surface area contributed by atoms with Gasteiger partial charge in [-0.3, -0.25) is 4.79 Å². The van der Waals surface area contributed by atoms with E-state index in [4.69, 9.17) is 5.73 Å². The molecule has 4 nitrogen and oxygen atoms in total. The largest absolute Gasteiger partial charge is 0.391 e. The summed E-state index contributed by atoms with van der Waals surface area (Å²) >= 11 is 0. The zero-order valence-corrected chi connectivity index (χ0v) is 10.8. The van der Waals surface area contributed by atoms with Gasteiger partial charge in [-0.2, -0.15) is 0 Å². The highest BCUT2D eigenvalue weighted by Crippen LogP contribution is 2.47. The minimum Gasteiger partial charge on any atom is -0.391 e. The molecule has 3 aliphatic rings. The number of nitrogens with two attached hydrogens (primary N) is 1. The van der Waals surface area contributed by atoms with Gasteiger partial charge < -0.3 is 16.2 Å². The molecule has 0 radical (unpaired) electrons. The number of nitrogens with one attached hydrogen (secondary N) is 1. The van der Waals surface area contributed by atoms with Crippen LogP contribution in [0.15, 0.2) is 0 Å². The maximum Gasteiger partial charge on any atom is 0.225 e. The van der Waals surface area contributed by atoms with Crippen LogP contribution in [-0.2, 0) is 4.79 Å². The van der Waals surface area contributed by atoms with Gasteiger partial charge in [-0.1, -0.05) is 12.8 Å². The average Bonchev–Trinajstić information content (AvgIpc) is 2.92. The minimum absolute atomic E-state index is 0.00197. The first-order valence-electron chi connectivity index (χ1n) is 7.41. The molecule has 4 heteroatoms. The molecule has 0 aliphatic heterocycles. The smallest absolute Gasteiger partial charge is 0.225 e. The number of hydrogen-bond donors (Lipinski definition) is 3. The van der Waals surface area contributed by atoms with Gasteiger partial charge in [0, 0.05) is 6.04 Å². The lowest BCUT2D eigenvalue weighted by Gasteiger charge is -2.32. The first kappa shape index (κ1) is 12.4. The zero-order valence-electron chi connectivity index (χ0n) is 10.8. The Morgan fingerprint density at radius 2 is 1.83 bits per heavy atom. The van der Waals surface area contributed by atoms with Gasteiger partial charge in [0.05, 0.1) is 18.1 Å². The maximum atomic E-state index is 12.4. The lowest BCUT2D eigenvalue weighted by Crippen LogP contribution is -2.51. The number of amides is 1. The third-order valence-electron chi connectivity index (χ3n) is 5.34. The van der Waals surface area contributed by atoms with E-state index in [1.165, 1.54) is 6.42 Å². The Balaban J connectivity index is 1.61. The van der Waals surface area contributed by atoms with E-state index in [2.05, 4.69) is 5.32 Å². The molecule has 1 amide bonds. The van der Waals surface area contributed by atoms with Crippen molar-refractivity contribution in [1.29, 1.82) is 0 Å². The van der Waals surface area contributed by atoms with E-state index >= 15 is 0 Å². The highest BCUT2D eigenvalue weighted by Gasteiger charge is 2.49. The Hall–Kier alpha value is -0.610. The van der Waals surface area contributed by atoms with Gasteiger partial charge in [-0.15, -0.1) is 0 Å². The van der Waals surface area contributed by atoms with E-state index in [0.29, 0.717) is 11.8 Å². The second-order valence-electron chi connectivity index (χ2n) is 6.40. The molecule has 0 heterocycles. The van der Waals surface area contributed by atoms with Gasteiger partial charge in [0.25, 0.3) is 0 Å². The topological polar surface area (TPSA) is 75.4 Å². The molecular weight excluding hydrogens is 228 g/mol. The molecule has 4 N–H and O–H groups in total. The predicted molar refractivity (Wildman–Crippen MR) is 68.7 cm³/mol. The molecule has 0 saturated heterocycles. The summed E-state index contributed by atoms with van der Waals surface area (Å²) in [5.41, 5.74) is 6.18. The minimum atomic E-state index is -0.363. The van der Waals surface area contributed by atoms with Gasteiger partial charge >= 0.3 is 0 Å². The molecule has 3 fully saturated rings. The van der Waals surface area contributed by atoms with Crippen LogP contribution in [0.3, 0.4) is 0 Å². The molecule has 0 aromatic heterocycles. The van der Waals surface area contributed by atoms with Crippen LogP contribution in [0.1, 0.15) is 44.9 Å². The van der Waals surface area contributed by atoms with Crippen LogP contribution in [0.25, 0.3) is 0 Å². The number of carbonyl (C=O) groups excluding carboxylic acids is 1. The number of carbonyl (C=O) groups is 1. The highest BCUT2D eigenvalue weighted by molar-refractivity contribution is 5.80. The SMILES string of the molecule is NC1C2CCC(C2)C1C(=O)N[C@H]1CCCC[C@@H]1O. The van der Waals surface area contributed by atoms with Crippen LogP contribution < -0.4 is 11.1 Å². The second kappa shape index (κ2) is 4.82. The summed E-state index contributed by atoms with van der Waals surface area (Å²) in [6.07, 6.45) is 7.01. The van der Waals surface area contributed by atoms with Gasteiger partial charge in [0.15, 0.2) is 0 Å². The summed E-state index contributed by atoms with van der Waals surface area (Å²) in [5.74, 6) is 1.14. The second-order valence-corrected chi connectivity index (χ2v) is 6.40. The molecule has 102 valence electrons. The molecule has 3 rings (SSSR count). The highest BCUT2D eigenvalue weighted by atomic mass is 16.3. The predicted octanol–water partition coefficient (Wildman–Crippen LogP) is 0.779. The summed E-state index contributed by atoms with van der Waals surface area (Å²) in [6.45, 7) is 0. The lowest BCUT2D eigenvalue weighted by atomic mass is 9.83. The summed E-state index contributed by atoms with van der Waals surface area (Å²) in [4.78, 5) is 12.4. The Morgan fingerprint density at radius 1 is 1.11 bits per heavy atom. The molecule has 0 spiro atoms. The molecule has 2 bridgehead atoms. The Kier molecular flexibility index (Phi) is 3.32. The Labute approximate surface area is 108 Å². The fraction of sp³-hybridized carbons (Fsp3) is 0.929. The molecule has 18 heavy (non-hydrogen) atoms. The Bertz CT molecular complexity index is 332. The molecular formula is C14H24N2O2. The van der Waals surface area contributed by atoms with E-state index < -0.39 is 0 Å². The molecule has 0 aromatic carbocycles. The van der Waals surface area contributed by atoms with Crippen LogP contribution in [0.4, 0.5) is 0 Å². The fourth-order valence-electron chi connectivity index (χ4n) is 4.28. The first-order valence-corrected chi connectivity index (χ1v) is 7.41. The molecule has 4 unspecified atom stereocenters. The van der Waals surface area contributed by atoms with Crippen molar-refractivity contribution in [3.63, 3.8) is 0 Å². The van der Waals surface area contributed by atoms with Gasteiger partial charge in [-0.05, 0) is 43.9 Å². The third-order valence-corrected chi connectivity index (χ3v) is 5.34. The van der Waals surface area contributed by atoms with Crippen molar-refractivity contribution >= 4 is 5.91 Å². The number of aliphatic hydroxyl groups is 1. The summed E-state index contributed by atoms with van der Waals surface area (Å²) in [7, 11) is 0.